The van der Waals surface area contributed by atoms with E-state index < -0.39 is 128 Å². The highest BCUT2D eigenvalue weighted by Crippen LogP contribution is 2.30. The maximum atomic E-state index is 13.9. The van der Waals surface area contributed by atoms with Gasteiger partial charge in [-0.1, -0.05) is 58.8 Å². The van der Waals surface area contributed by atoms with E-state index in [1.807, 2.05) is 0 Å². The number of nitrogens with zero attached hydrogens (tertiary/aromatic N) is 1. The summed E-state index contributed by atoms with van der Waals surface area (Å²) >= 11 is 0. The maximum Gasteiger partial charge on any atom is 0.303 e. The van der Waals surface area contributed by atoms with Gasteiger partial charge in [-0.2, -0.15) is 0 Å². The van der Waals surface area contributed by atoms with Crippen LogP contribution in [0.25, 0.3) is 0 Å². The predicted molar refractivity (Wildman–Crippen MR) is 215 cm³/mol. The minimum atomic E-state index is -1.87. The van der Waals surface area contributed by atoms with Gasteiger partial charge < -0.3 is 81.3 Å². The molecule has 0 bridgehead atoms. The van der Waals surface area contributed by atoms with Crippen LogP contribution in [-0.4, -0.2) is 182 Å². The van der Waals surface area contributed by atoms with Crippen molar-refractivity contribution in [1.29, 1.82) is 0 Å². The molecule has 3 heterocycles. The molecule has 14 atom stereocenters. The number of aliphatic carboxylic acids is 1. The number of nitrogens with two attached hydrogens (primary N) is 1. The Kier molecular flexibility index (Phi) is 22.2. The monoisotopic (exact) mass is 877 g/mol. The van der Waals surface area contributed by atoms with E-state index in [0.29, 0.717) is 32.4 Å². The van der Waals surface area contributed by atoms with Crippen molar-refractivity contribution in [3.05, 3.63) is 0 Å². The van der Waals surface area contributed by atoms with E-state index in [4.69, 9.17) is 29.8 Å². The number of rotatable bonds is 25. The second-order valence-corrected chi connectivity index (χ2v) is 16.6. The van der Waals surface area contributed by atoms with E-state index in [-0.39, 0.29) is 12.3 Å². The molecule has 0 radical (unpaired) electrons. The van der Waals surface area contributed by atoms with Crippen molar-refractivity contribution in [3.8, 4) is 0 Å². The number of aliphatic hydroxyl groups is 6. The molecule has 0 unspecified atom stereocenters. The Bertz CT molecular complexity index is 1390. The van der Waals surface area contributed by atoms with Crippen LogP contribution in [0, 0.1) is 5.92 Å². The predicted octanol–water partition coefficient (Wildman–Crippen LogP) is -2.28. The van der Waals surface area contributed by atoms with Gasteiger partial charge in [0.25, 0.3) is 0 Å². The van der Waals surface area contributed by atoms with Gasteiger partial charge in [0.15, 0.2) is 12.6 Å². The molecule has 21 nitrogen and oxygen atoms in total. The number of ether oxygens (including phenoxy) is 4. The average Bonchev–Trinajstić information content (AvgIpc) is 3.72. The third-order valence-electron chi connectivity index (χ3n) is 11.5. The first kappa shape index (κ1) is 52.3. The molecule has 3 aliphatic heterocycles. The lowest BCUT2D eigenvalue weighted by Crippen LogP contribution is -2.68. The maximum absolute atomic E-state index is 13.9. The topological polar surface area (TPSA) is 329 Å². The van der Waals surface area contributed by atoms with Crippen molar-refractivity contribution in [1.82, 2.24) is 20.9 Å². The van der Waals surface area contributed by atoms with E-state index in [2.05, 4.69) is 16.0 Å². The lowest BCUT2D eigenvalue weighted by molar-refractivity contribution is -0.347. The minimum Gasteiger partial charge on any atom is -0.481 e. The van der Waals surface area contributed by atoms with Gasteiger partial charge in [-0.05, 0) is 38.5 Å². The standard InChI is InChI=1S/C40H71N5O16/c1-21(2)29(38(57)45-18-14-15-24(45)36(55)42-17-13-11-9-7-5-6-8-10-12-16-27(49)50)44-37(56)28(41)22(3)58-39-30(43-23(4)48)35(32(52)26(20-47)59-39)61-40-34(54)33(53)31(51)25(19-46)60-40/h21-22,24-26,28-35,39-40,46-47,51-54H,5-20,41H2,1-4H3,(H,42,55)(H,43,48)(H,44,56)(H,49,50)/t22-,24+,25-,26-,28+,29+,30-,31+,32+,33+,34-,35-,39+,40+/m1/s1. The number of likely N-dealkylation sites (tertiary alicyclic amines) is 1. The molecule has 61 heavy (non-hydrogen) atoms. The van der Waals surface area contributed by atoms with Crippen LogP contribution >= 0.6 is 0 Å². The second kappa shape index (κ2) is 25.9. The Morgan fingerprint density at radius 1 is 0.803 bits per heavy atom. The summed E-state index contributed by atoms with van der Waals surface area (Å²) in [5, 5.41) is 78.8. The molecule has 3 aliphatic rings. The number of nitrogens with one attached hydrogen (secondary N) is 3. The van der Waals surface area contributed by atoms with Gasteiger partial charge >= 0.3 is 5.97 Å². The molecule has 12 N–H and O–H groups in total. The third kappa shape index (κ3) is 15.3. The molecule has 0 spiro atoms. The summed E-state index contributed by atoms with van der Waals surface area (Å²) in [5.41, 5.74) is 6.35. The van der Waals surface area contributed by atoms with E-state index in [0.717, 1.165) is 58.3 Å². The molecule has 3 saturated heterocycles. The highest BCUT2D eigenvalue weighted by molar-refractivity contribution is 5.93. The van der Waals surface area contributed by atoms with Crippen LogP contribution in [0.15, 0.2) is 0 Å². The first-order valence-electron chi connectivity index (χ1n) is 21.6. The van der Waals surface area contributed by atoms with Gasteiger partial charge in [0, 0.05) is 26.4 Å². The Morgan fingerprint density at radius 2 is 1.38 bits per heavy atom. The number of carboxylic acid groups (broad SMARTS) is 1. The number of hydrogen-bond acceptors (Lipinski definition) is 16. The summed E-state index contributed by atoms with van der Waals surface area (Å²) in [6.45, 7) is 5.30. The summed E-state index contributed by atoms with van der Waals surface area (Å²) in [5.74, 6) is -3.31. The first-order chi connectivity index (χ1) is 28.9. The zero-order valence-corrected chi connectivity index (χ0v) is 35.8. The van der Waals surface area contributed by atoms with Crippen molar-refractivity contribution in [2.24, 2.45) is 11.7 Å². The zero-order valence-electron chi connectivity index (χ0n) is 35.8. The zero-order chi connectivity index (χ0) is 45.4. The number of carboxylic acids is 1. The highest BCUT2D eigenvalue weighted by atomic mass is 16.7. The largest absolute Gasteiger partial charge is 0.481 e. The Balaban J connectivity index is 1.58. The van der Waals surface area contributed by atoms with Crippen molar-refractivity contribution < 1.29 is 78.7 Å². The SMILES string of the molecule is CC(=O)N[C@H]1[C@@H](O[C@H](C)[C@H](N)C(=O)N[C@H](C(=O)N2CCC[C@H]2C(=O)NCCCCCCCCCCCC(=O)O)C(C)C)O[C@H](CO)[C@H](O)[C@@H]1O[C@@H]1O[C@H](CO)[C@H](O)[C@H](O)[C@H]1O. The van der Waals surface area contributed by atoms with Crippen LogP contribution in [0.3, 0.4) is 0 Å². The van der Waals surface area contributed by atoms with Crippen molar-refractivity contribution in [3.63, 3.8) is 0 Å². The number of hydrogen-bond donors (Lipinski definition) is 11. The van der Waals surface area contributed by atoms with E-state index in [1.165, 1.54) is 11.8 Å². The Hall–Kier alpha value is -3.09. The number of carbonyl (C=O) groups excluding carboxylic acids is 4. The van der Waals surface area contributed by atoms with Crippen LogP contribution in [-0.2, 0) is 42.9 Å². The lowest BCUT2D eigenvalue weighted by atomic mass is 9.95. The summed E-state index contributed by atoms with van der Waals surface area (Å²) in [6.07, 6.45) is -5.99. The highest BCUT2D eigenvalue weighted by Gasteiger charge is 2.52. The number of unbranched alkanes of at least 4 members (excludes halogenated alkanes) is 8. The molecular weight excluding hydrogens is 806 g/mol. The van der Waals surface area contributed by atoms with Gasteiger partial charge in [0.2, 0.25) is 23.6 Å². The molecule has 3 fully saturated rings. The molecular formula is C40H71N5O16. The van der Waals surface area contributed by atoms with E-state index >= 15 is 0 Å². The van der Waals surface area contributed by atoms with Crippen molar-refractivity contribution in [2.75, 3.05) is 26.3 Å². The number of aliphatic hydroxyl groups excluding tert-OH is 6. The first-order valence-corrected chi connectivity index (χ1v) is 21.6. The summed E-state index contributed by atoms with van der Waals surface area (Å²) in [4.78, 5) is 65.2. The van der Waals surface area contributed by atoms with Crippen molar-refractivity contribution >= 4 is 29.6 Å². The van der Waals surface area contributed by atoms with Gasteiger partial charge in [-0.3, -0.25) is 24.0 Å². The fourth-order valence-corrected chi connectivity index (χ4v) is 7.79. The summed E-state index contributed by atoms with van der Waals surface area (Å²) < 4.78 is 23.1. The lowest BCUT2D eigenvalue weighted by Gasteiger charge is -2.48. The molecule has 0 aromatic heterocycles. The number of amides is 4. The van der Waals surface area contributed by atoms with Crippen LogP contribution in [0.4, 0.5) is 0 Å². The molecule has 0 saturated carbocycles. The molecule has 0 aromatic rings. The second-order valence-electron chi connectivity index (χ2n) is 16.6. The van der Waals surface area contributed by atoms with Gasteiger partial charge in [-0.25, -0.2) is 0 Å². The quantitative estimate of drug-likeness (QED) is 0.0431. The number of carbonyl (C=O) groups is 5. The van der Waals surface area contributed by atoms with Crippen LogP contribution in [0.5, 0.6) is 0 Å². The molecule has 0 aliphatic carbocycles. The fraction of sp³-hybridized carbons (Fsp3) is 0.875. The Labute approximate surface area is 357 Å². The van der Waals surface area contributed by atoms with Gasteiger partial charge in [-0.15, -0.1) is 0 Å². The van der Waals surface area contributed by atoms with Gasteiger partial charge in [0.1, 0.15) is 66.9 Å². The molecule has 3 rings (SSSR count). The Morgan fingerprint density at radius 3 is 1.95 bits per heavy atom. The van der Waals surface area contributed by atoms with E-state index in [9.17, 15) is 54.6 Å². The molecule has 4 amide bonds. The molecule has 352 valence electrons. The summed E-state index contributed by atoms with van der Waals surface area (Å²) in [6, 6.07) is -4.60. The van der Waals surface area contributed by atoms with Crippen LogP contribution in [0.2, 0.25) is 0 Å². The molecule has 0 aromatic carbocycles. The normalized spacial score (nSPS) is 30.7. The molecule has 21 heteroatoms. The fourth-order valence-electron chi connectivity index (χ4n) is 7.79. The minimum absolute atomic E-state index is 0.212. The summed E-state index contributed by atoms with van der Waals surface area (Å²) in [7, 11) is 0. The van der Waals surface area contributed by atoms with Crippen molar-refractivity contribution in [2.45, 2.75) is 190 Å². The van der Waals surface area contributed by atoms with Crippen LogP contribution in [0.1, 0.15) is 105 Å². The average molecular weight is 878 g/mol. The van der Waals surface area contributed by atoms with Gasteiger partial charge in [0.05, 0.1) is 19.3 Å². The van der Waals surface area contributed by atoms with Crippen LogP contribution < -0.4 is 21.7 Å². The third-order valence-corrected chi connectivity index (χ3v) is 11.5. The van der Waals surface area contributed by atoms with E-state index in [1.54, 1.807) is 13.8 Å². The smallest absolute Gasteiger partial charge is 0.303 e.